The van der Waals surface area contributed by atoms with Crippen LogP contribution in [0.1, 0.15) is 40.0 Å². The number of ether oxygens (including phenoxy) is 3. The van der Waals surface area contributed by atoms with E-state index >= 15 is 0 Å². The van der Waals surface area contributed by atoms with Gasteiger partial charge >= 0.3 is 0 Å². The fourth-order valence-corrected chi connectivity index (χ4v) is 4.81. The second kappa shape index (κ2) is 9.43. The van der Waals surface area contributed by atoms with E-state index in [4.69, 9.17) is 25.8 Å². The van der Waals surface area contributed by atoms with Crippen LogP contribution in [0.15, 0.2) is 24.3 Å². The predicted octanol–water partition coefficient (Wildman–Crippen LogP) is 2.92. The van der Waals surface area contributed by atoms with Crippen LogP contribution in [0.2, 0.25) is 5.15 Å². The van der Waals surface area contributed by atoms with Crippen LogP contribution in [0, 0.1) is 5.41 Å². The van der Waals surface area contributed by atoms with Crippen LogP contribution in [-0.2, 0) is 0 Å². The summed E-state index contributed by atoms with van der Waals surface area (Å²) in [6, 6.07) is 6.51. The summed E-state index contributed by atoms with van der Waals surface area (Å²) >= 11 is 6.03. The zero-order chi connectivity index (χ0) is 23.6. The largest absolute Gasteiger partial charge is 0.481 e. The summed E-state index contributed by atoms with van der Waals surface area (Å²) in [5, 5.41) is 0.222. The lowest BCUT2D eigenvalue weighted by molar-refractivity contribution is 0.0564. The molecule has 0 N–H and O–H groups in total. The molecule has 2 aromatic heterocycles. The minimum Gasteiger partial charge on any atom is -0.481 e. The van der Waals surface area contributed by atoms with Crippen molar-refractivity contribution in [1.82, 2.24) is 19.8 Å². The second-order valence-electron chi connectivity index (χ2n) is 8.40. The molecule has 2 fully saturated rings. The molecular formula is C23H27ClN4O5. The maximum absolute atomic E-state index is 13.2. The van der Waals surface area contributed by atoms with Gasteiger partial charge < -0.3 is 24.0 Å². The SMILES string of the molecule is COc1cc(C(=O)N2CCC3(CC2)CCN(C(=O)c2ccc(OC)nc2OC)C3)cc(Cl)n1. The third-order valence-electron chi connectivity index (χ3n) is 6.53. The Bertz CT molecular complexity index is 1060. The molecular weight excluding hydrogens is 448 g/mol. The summed E-state index contributed by atoms with van der Waals surface area (Å²) in [5.41, 5.74) is 0.893. The minimum absolute atomic E-state index is 0.00710. The first-order valence-electron chi connectivity index (χ1n) is 10.8. The average molecular weight is 475 g/mol. The molecule has 1 spiro atoms. The zero-order valence-corrected chi connectivity index (χ0v) is 19.7. The van der Waals surface area contributed by atoms with E-state index in [2.05, 4.69) is 9.97 Å². The number of rotatable bonds is 5. The Hall–Kier alpha value is -3.07. The highest BCUT2D eigenvalue weighted by atomic mass is 35.5. The van der Waals surface area contributed by atoms with Gasteiger partial charge in [0.1, 0.15) is 10.7 Å². The number of carbonyl (C=O) groups is 2. The lowest BCUT2D eigenvalue weighted by Gasteiger charge is -2.39. The molecule has 2 aliphatic heterocycles. The third kappa shape index (κ3) is 4.68. The van der Waals surface area contributed by atoms with E-state index in [1.807, 2.05) is 9.80 Å². The Labute approximate surface area is 197 Å². The Morgan fingerprint density at radius 3 is 2.18 bits per heavy atom. The fraction of sp³-hybridized carbons (Fsp3) is 0.478. The van der Waals surface area contributed by atoms with E-state index in [1.165, 1.54) is 21.3 Å². The third-order valence-corrected chi connectivity index (χ3v) is 6.72. The molecule has 2 aromatic rings. The van der Waals surface area contributed by atoms with E-state index in [0.29, 0.717) is 49.1 Å². The van der Waals surface area contributed by atoms with Gasteiger partial charge in [0.15, 0.2) is 0 Å². The standard InChI is InChI=1S/C23H27ClN4O5/c1-31-18-5-4-16(20(26-18)33-3)22(30)28-11-8-23(14-28)6-9-27(10-7-23)21(29)15-12-17(24)25-19(13-15)32-2/h4-5,12-13H,6-11,14H2,1-3H3. The molecule has 2 saturated heterocycles. The molecule has 0 saturated carbocycles. The Kier molecular flexibility index (Phi) is 6.60. The Balaban J connectivity index is 1.41. The van der Waals surface area contributed by atoms with Gasteiger partial charge in [-0.15, -0.1) is 0 Å². The molecule has 33 heavy (non-hydrogen) atoms. The molecule has 4 rings (SSSR count). The summed E-state index contributed by atoms with van der Waals surface area (Å²) in [7, 11) is 4.50. The first-order chi connectivity index (χ1) is 15.9. The zero-order valence-electron chi connectivity index (χ0n) is 19.0. The van der Waals surface area contributed by atoms with Gasteiger partial charge in [0, 0.05) is 43.9 Å². The van der Waals surface area contributed by atoms with Gasteiger partial charge in [0.25, 0.3) is 11.8 Å². The topological polar surface area (TPSA) is 94.1 Å². The normalized spacial score (nSPS) is 17.2. The van der Waals surface area contributed by atoms with E-state index < -0.39 is 0 Å². The highest BCUT2D eigenvalue weighted by Crippen LogP contribution is 2.41. The van der Waals surface area contributed by atoms with Gasteiger partial charge in [-0.1, -0.05) is 11.6 Å². The smallest absolute Gasteiger partial charge is 0.259 e. The quantitative estimate of drug-likeness (QED) is 0.615. The second-order valence-corrected chi connectivity index (χ2v) is 8.79. The molecule has 0 aliphatic carbocycles. The van der Waals surface area contributed by atoms with Crippen molar-refractivity contribution >= 4 is 23.4 Å². The van der Waals surface area contributed by atoms with Gasteiger partial charge in [-0.2, -0.15) is 4.98 Å². The maximum Gasteiger partial charge on any atom is 0.259 e. The van der Waals surface area contributed by atoms with E-state index in [-0.39, 0.29) is 28.3 Å². The molecule has 9 nitrogen and oxygen atoms in total. The summed E-state index contributed by atoms with van der Waals surface area (Å²) in [6.45, 7) is 2.56. The van der Waals surface area contributed by atoms with E-state index in [9.17, 15) is 9.59 Å². The van der Waals surface area contributed by atoms with Crippen molar-refractivity contribution in [3.63, 3.8) is 0 Å². The molecule has 2 aliphatic rings. The molecule has 0 radical (unpaired) electrons. The van der Waals surface area contributed by atoms with Crippen LogP contribution in [0.4, 0.5) is 0 Å². The Morgan fingerprint density at radius 2 is 1.55 bits per heavy atom. The molecule has 2 amide bonds. The van der Waals surface area contributed by atoms with Crippen LogP contribution >= 0.6 is 11.6 Å². The number of halogens is 1. The molecule has 0 atom stereocenters. The summed E-state index contributed by atoms with van der Waals surface area (Å²) < 4.78 is 15.6. The van der Waals surface area contributed by atoms with Gasteiger partial charge in [-0.3, -0.25) is 9.59 Å². The lowest BCUT2D eigenvalue weighted by atomic mass is 9.77. The first-order valence-corrected chi connectivity index (χ1v) is 11.1. The molecule has 4 heterocycles. The number of methoxy groups -OCH3 is 3. The van der Waals surface area contributed by atoms with Crippen molar-refractivity contribution in [3.05, 3.63) is 40.5 Å². The lowest BCUT2D eigenvalue weighted by Crippen LogP contribution is -2.44. The molecule has 10 heteroatoms. The number of nitrogens with zero attached hydrogens (tertiary/aromatic N) is 4. The Morgan fingerprint density at radius 1 is 0.879 bits per heavy atom. The number of piperidine rings is 1. The van der Waals surface area contributed by atoms with Gasteiger partial charge in [0.05, 0.1) is 21.3 Å². The predicted molar refractivity (Wildman–Crippen MR) is 121 cm³/mol. The van der Waals surface area contributed by atoms with Crippen molar-refractivity contribution < 1.29 is 23.8 Å². The average Bonchev–Trinajstić information content (AvgIpc) is 3.26. The van der Waals surface area contributed by atoms with E-state index in [0.717, 1.165) is 19.3 Å². The minimum atomic E-state index is -0.101. The maximum atomic E-state index is 13.2. The van der Waals surface area contributed by atoms with Crippen LogP contribution in [0.5, 0.6) is 17.6 Å². The highest BCUT2D eigenvalue weighted by Gasteiger charge is 2.43. The molecule has 0 unspecified atom stereocenters. The van der Waals surface area contributed by atoms with E-state index in [1.54, 1.807) is 24.3 Å². The number of hydrogen-bond donors (Lipinski definition) is 0. The summed E-state index contributed by atoms with van der Waals surface area (Å²) in [4.78, 5) is 38.1. The van der Waals surface area contributed by atoms with Crippen molar-refractivity contribution in [1.29, 1.82) is 0 Å². The molecule has 0 aromatic carbocycles. The van der Waals surface area contributed by atoms with Crippen LogP contribution < -0.4 is 14.2 Å². The number of aromatic nitrogens is 2. The summed E-state index contributed by atoms with van der Waals surface area (Å²) in [5.74, 6) is 0.773. The molecule has 0 bridgehead atoms. The summed E-state index contributed by atoms with van der Waals surface area (Å²) in [6.07, 6.45) is 2.56. The van der Waals surface area contributed by atoms with Crippen LogP contribution in [-0.4, -0.2) is 79.1 Å². The van der Waals surface area contributed by atoms with Crippen LogP contribution in [0.3, 0.4) is 0 Å². The van der Waals surface area contributed by atoms with Gasteiger partial charge in [-0.25, -0.2) is 4.98 Å². The first kappa shape index (κ1) is 23.1. The van der Waals surface area contributed by atoms with Gasteiger partial charge in [0.2, 0.25) is 17.6 Å². The number of carbonyl (C=O) groups excluding carboxylic acids is 2. The number of likely N-dealkylation sites (tertiary alicyclic amines) is 2. The van der Waals surface area contributed by atoms with Crippen molar-refractivity contribution in [3.8, 4) is 17.6 Å². The number of hydrogen-bond acceptors (Lipinski definition) is 7. The number of pyridine rings is 2. The molecule has 176 valence electrons. The monoisotopic (exact) mass is 474 g/mol. The van der Waals surface area contributed by atoms with Gasteiger partial charge in [-0.05, 0) is 36.8 Å². The van der Waals surface area contributed by atoms with Crippen molar-refractivity contribution in [2.24, 2.45) is 5.41 Å². The fourth-order valence-electron chi connectivity index (χ4n) is 4.61. The highest BCUT2D eigenvalue weighted by molar-refractivity contribution is 6.29. The van der Waals surface area contributed by atoms with Crippen LogP contribution in [0.25, 0.3) is 0 Å². The van der Waals surface area contributed by atoms with Crippen molar-refractivity contribution in [2.45, 2.75) is 19.3 Å². The number of amides is 2. The van der Waals surface area contributed by atoms with Crippen molar-refractivity contribution in [2.75, 3.05) is 47.5 Å².